The summed E-state index contributed by atoms with van der Waals surface area (Å²) in [5.74, 6) is 2.40. The first-order chi connectivity index (χ1) is 28.4. The zero-order valence-corrected chi connectivity index (χ0v) is 36.0. The van der Waals surface area contributed by atoms with E-state index in [2.05, 4.69) is 165 Å². The SMILES string of the molecule is CCN1C(=CC2=C(SCCP(c3ccccc3)c3ccccc3)C(=Cc3oc4cc(C)ccc4[n+]3Cc3ccccc3)C2=O)N(CCOCCO)c2ccc(Br)cc21. The minimum absolute atomic E-state index is 0.00375. The van der Waals surface area contributed by atoms with Crippen LogP contribution in [0.4, 0.5) is 11.4 Å². The van der Waals surface area contributed by atoms with Gasteiger partial charge in [-0.25, -0.2) is 0 Å². The van der Waals surface area contributed by atoms with Crippen molar-refractivity contribution in [1.29, 1.82) is 0 Å². The minimum atomic E-state index is -0.614. The normalized spacial score (nSPS) is 15.4. The predicted octanol–water partition coefficient (Wildman–Crippen LogP) is 9.12. The number of halogens is 1. The third kappa shape index (κ3) is 8.52. The lowest BCUT2D eigenvalue weighted by Crippen LogP contribution is -2.36. The molecule has 0 fully saturated rings. The van der Waals surface area contributed by atoms with Gasteiger partial charge in [-0.1, -0.05) is 113 Å². The van der Waals surface area contributed by atoms with Gasteiger partial charge in [-0.2, -0.15) is 4.57 Å². The van der Waals surface area contributed by atoms with Gasteiger partial charge < -0.3 is 24.1 Å². The number of ether oxygens (including phenoxy) is 1. The lowest BCUT2D eigenvalue weighted by molar-refractivity contribution is -0.669. The van der Waals surface area contributed by atoms with E-state index in [1.54, 1.807) is 11.8 Å². The summed E-state index contributed by atoms with van der Waals surface area (Å²) in [5.41, 5.74) is 7.52. The molecule has 0 radical (unpaired) electrons. The summed E-state index contributed by atoms with van der Waals surface area (Å²) in [4.78, 5) is 20.1. The van der Waals surface area contributed by atoms with Crippen molar-refractivity contribution in [3.05, 3.63) is 177 Å². The van der Waals surface area contributed by atoms with Crippen molar-refractivity contribution in [2.45, 2.75) is 20.4 Å². The van der Waals surface area contributed by atoms with Gasteiger partial charge in [0, 0.05) is 51.0 Å². The minimum Gasteiger partial charge on any atom is -0.398 e. The molecule has 0 saturated heterocycles. The van der Waals surface area contributed by atoms with E-state index in [1.165, 1.54) is 10.6 Å². The van der Waals surface area contributed by atoms with Gasteiger partial charge in [0.2, 0.25) is 5.58 Å². The Morgan fingerprint density at radius 2 is 1.55 bits per heavy atom. The molecule has 0 atom stereocenters. The number of aromatic nitrogens is 1. The largest absolute Gasteiger partial charge is 0.398 e. The molecule has 1 N–H and O–H groups in total. The Morgan fingerprint density at radius 3 is 2.24 bits per heavy atom. The first kappa shape index (κ1) is 40.0. The average Bonchev–Trinajstić information content (AvgIpc) is 3.74. The maximum absolute atomic E-state index is 14.6. The molecule has 2 heterocycles. The Kier molecular flexibility index (Phi) is 12.7. The summed E-state index contributed by atoms with van der Waals surface area (Å²) in [7, 11) is -0.614. The smallest absolute Gasteiger partial charge is 0.375 e. The number of hydrogen-bond acceptors (Lipinski definition) is 7. The molecule has 6 aromatic rings. The number of fused-ring (bicyclic) bond motifs is 2. The summed E-state index contributed by atoms with van der Waals surface area (Å²) >= 11 is 5.44. The number of ketones is 1. The number of aliphatic hydroxyl groups is 1. The molecule has 8 rings (SSSR count). The predicted molar refractivity (Wildman–Crippen MR) is 244 cm³/mol. The number of carbonyl (C=O) groups is 1. The number of anilines is 2. The number of aliphatic hydroxyl groups excluding tert-OH is 1. The van der Waals surface area contributed by atoms with Crippen LogP contribution in [0.3, 0.4) is 0 Å². The van der Waals surface area contributed by atoms with Crippen molar-refractivity contribution in [2.24, 2.45) is 0 Å². The second-order valence-corrected chi connectivity index (χ2v) is 18.5. The van der Waals surface area contributed by atoms with Gasteiger partial charge in [-0.3, -0.25) is 4.79 Å². The first-order valence-electron chi connectivity index (χ1n) is 19.7. The third-order valence-corrected chi connectivity index (χ3v) is 14.8. The van der Waals surface area contributed by atoms with E-state index in [9.17, 15) is 9.90 Å². The third-order valence-electron chi connectivity index (χ3n) is 10.4. The van der Waals surface area contributed by atoms with Gasteiger partial charge in [0.05, 0.1) is 37.3 Å². The van der Waals surface area contributed by atoms with Crippen molar-refractivity contribution in [3.63, 3.8) is 0 Å². The molecule has 0 bridgehead atoms. The molecule has 2 aliphatic rings. The molecular weight excluding hydrogens is 825 g/mol. The number of carbonyl (C=O) groups excluding carboxylic acids is 1. The Balaban J connectivity index is 1.21. The second-order valence-electron chi connectivity index (χ2n) is 14.2. The molecule has 10 heteroatoms. The zero-order valence-electron chi connectivity index (χ0n) is 32.7. The molecule has 1 aliphatic carbocycles. The van der Waals surface area contributed by atoms with Crippen molar-refractivity contribution < 1.29 is 23.6 Å². The molecule has 0 spiro atoms. The van der Waals surface area contributed by atoms with Gasteiger partial charge in [0.15, 0.2) is 12.3 Å². The second kappa shape index (κ2) is 18.4. The quantitative estimate of drug-likeness (QED) is 0.0451. The molecule has 0 saturated carbocycles. The molecule has 0 amide bonds. The highest BCUT2D eigenvalue weighted by molar-refractivity contribution is 9.10. The molecular formula is C48H46BrN3O4PS+. The van der Waals surface area contributed by atoms with Crippen LogP contribution < -0.4 is 25.0 Å². The van der Waals surface area contributed by atoms with Crippen molar-refractivity contribution in [3.8, 4) is 0 Å². The van der Waals surface area contributed by atoms with E-state index in [0.29, 0.717) is 43.3 Å². The first-order valence-corrected chi connectivity index (χ1v) is 23.0. The van der Waals surface area contributed by atoms with E-state index in [4.69, 9.17) is 9.15 Å². The number of oxazole rings is 1. The fourth-order valence-electron chi connectivity index (χ4n) is 7.59. The summed E-state index contributed by atoms with van der Waals surface area (Å²) in [6.45, 7) is 6.76. The van der Waals surface area contributed by atoms with E-state index >= 15 is 0 Å². The lowest BCUT2D eigenvalue weighted by Gasteiger charge is -2.28. The Bertz CT molecular complexity index is 2470. The van der Waals surface area contributed by atoms with Crippen molar-refractivity contribution in [2.75, 3.05) is 54.6 Å². The monoisotopic (exact) mass is 870 g/mol. The molecule has 7 nitrogen and oxygen atoms in total. The molecule has 0 unspecified atom stereocenters. The highest BCUT2D eigenvalue weighted by atomic mass is 79.9. The highest BCUT2D eigenvalue weighted by Gasteiger charge is 2.38. The fourth-order valence-corrected chi connectivity index (χ4v) is 11.7. The van der Waals surface area contributed by atoms with Crippen LogP contribution in [0.2, 0.25) is 0 Å². The van der Waals surface area contributed by atoms with Crippen LogP contribution in [0.15, 0.2) is 164 Å². The number of rotatable bonds is 16. The Hall–Kier alpha value is -4.76. The number of benzene rings is 5. The highest BCUT2D eigenvalue weighted by Crippen LogP contribution is 2.47. The topological polar surface area (TPSA) is 70.0 Å². The zero-order chi connectivity index (χ0) is 40.0. The summed E-state index contributed by atoms with van der Waals surface area (Å²) in [6, 6.07) is 44.5. The van der Waals surface area contributed by atoms with Crippen LogP contribution in [0.25, 0.3) is 17.2 Å². The molecule has 5 aromatic carbocycles. The number of nitrogens with zero attached hydrogens (tertiary/aromatic N) is 3. The van der Waals surface area contributed by atoms with Crippen molar-refractivity contribution in [1.82, 2.24) is 0 Å². The van der Waals surface area contributed by atoms with Crippen LogP contribution >= 0.6 is 35.6 Å². The number of aryl methyl sites for hydroxylation is 1. The van der Waals surface area contributed by atoms with Crippen LogP contribution in [0.1, 0.15) is 23.9 Å². The fraction of sp³-hybridized carbons (Fsp3) is 0.208. The van der Waals surface area contributed by atoms with E-state index in [0.717, 1.165) is 60.7 Å². The van der Waals surface area contributed by atoms with E-state index < -0.39 is 7.92 Å². The average molecular weight is 872 g/mol. The van der Waals surface area contributed by atoms with Crippen LogP contribution in [0, 0.1) is 6.92 Å². The number of hydrogen-bond donors (Lipinski definition) is 1. The summed E-state index contributed by atoms with van der Waals surface area (Å²) in [5, 5.41) is 12.1. The molecule has 1 aromatic heterocycles. The van der Waals surface area contributed by atoms with Gasteiger partial charge in [-0.05, 0) is 74.4 Å². The summed E-state index contributed by atoms with van der Waals surface area (Å²) in [6.07, 6.45) is 4.99. The molecule has 58 heavy (non-hydrogen) atoms. The van der Waals surface area contributed by atoms with Gasteiger partial charge in [0.1, 0.15) is 5.82 Å². The maximum Gasteiger partial charge on any atom is 0.375 e. The number of allylic oxidation sites excluding steroid dienone is 3. The maximum atomic E-state index is 14.6. The van der Waals surface area contributed by atoms with Crippen LogP contribution in [-0.4, -0.2) is 55.7 Å². The number of thioether (sulfide) groups is 1. The van der Waals surface area contributed by atoms with Crippen molar-refractivity contribution >= 4 is 80.6 Å². The van der Waals surface area contributed by atoms with E-state index in [1.807, 2.05) is 18.2 Å². The number of Topliss-reactive ketones (excluding diaryl/α,β-unsaturated/α-hetero) is 1. The van der Waals surface area contributed by atoms with Gasteiger partial charge in [0.25, 0.3) is 5.52 Å². The van der Waals surface area contributed by atoms with Gasteiger partial charge in [-0.15, -0.1) is 11.8 Å². The van der Waals surface area contributed by atoms with E-state index in [-0.39, 0.29) is 19.0 Å². The molecule has 1 aliphatic heterocycles. The lowest BCUT2D eigenvalue weighted by atomic mass is 9.89. The Labute approximate surface area is 354 Å². The standard InChI is InChI=1S/C48H46BrN3O4PS/c1-3-50-43-30-36(49)20-22-41(43)51(23-25-55-26-24-53)45(50)31-39-47(54)40(48(39)58-28-27-57(37-15-9-5-10-16-37)38-17-11-6-12-18-38)32-46-52(33-35-13-7-4-8-14-35)42-21-19-34(2)29-44(42)56-46/h4-22,29-32,53H,3,23-28,33H2,1-2H3/q+1. The van der Waals surface area contributed by atoms with Gasteiger partial charge >= 0.3 is 5.89 Å². The Morgan fingerprint density at radius 1 is 0.845 bits per heavy atom. The summed E-state index contributed by atoms with van der Waals surface area (Å²) < 4.78 is 15.5. The van der Waals surface area contributed by atoms with Crippen LogP contribution in [-0.2, 0) is 16.1 Å². The van der Waals surface area contributed by atoms with Crippen LogP contribution in [0.5, 0.6) is 0 Å². The molecule has 294 valence electrons.